The Bertz CT molecular complexity index is 1190. The number of benzene rings is 2. The van der Waals surface area contributed by atoms with Crippen LogP contribution < -0.4 is 5.56 Å². The molecule has 0 unspecified atom stereocenters. The van der Waals surface area contributed by atoms with E-state index in [0.717, 1.165) is 11.3 Å². The predicted octanol–water partition coefficient (Wildman–Crippen LogP) is 4.30. The first kappa shape index (κ1) is 20.9. The van der Waals surface area contributed by atoms with Gasteiger partial charge >= 0.3 is 0 Å². The Labute approximate surface area is 173 Å². The van der Waals surface area contributed by atoms with E-state index in [9.17, 15) is 13.2 Å². The van der Waals surface area contributed by atoms with Crippen LogP contribution >= 0.6 is 23.4 Å². The standard InChI is InChI=1S/C20H21ClN2O3S2/c1-13(2)15-6-4-5-7-18(15)23-19(24)16-9-8-14(21)12-17(16)22-20(23)27-10-11-28(3,25)26/h4-9,12-13H,10-11H2,1-3H3. The third-order valence-electron chi connectivity index (χ3n) is 4.29. The number of thioether (sulfide) groups is 1. The van der Waals surface area contributed by atoms with Crippen molar-refractivity contribution in [2.75, 3.05) is 17.8 Å². The second-order valence-electron chi connectivity index (χ2n) is 6.89. The molecule has 8 heteroatoms. The van der Waals surface area contributed by atoms with E-state index in [1.54, 1.807) is 22.8 Å². The molecule has 0 saturated heterocycles. The summed E-state index contributed by atoms with van der Waals surface area (Å²) >= 11 is 7.33. The molecule has 148 valence electrons. The van der Waals surface area contributed by atoms with Crippen molar-refractivity contribution >= 4 is 44.1 Å². The summed E-state index contributed by atoms with van der Waals surface area (Å²) in [5.41, 5.74) is 2.08. The van der Waals surface area contributed by atoms with Gasteiger partial charge in [0.25, 0.3) is 5.56 Å². The van der Waals surface area contributed by atoms with Gasteiger partial charge in [-0.25, -0.2) is 13.4 Å². The molecule has 0 saturated carbocycles. The Kier molecular flexibility index (Phi) is 6.17. The van der Waals surface area contributed by atoms with Gasteiger partial charge in [0.1, 0.15) is 9.84 Å². The average molecular weight is 437 g/mol. The molecule has 0 bridgehead atoms. The minimum atomic E-state index is -3.11. The highest BCUT2D eigenvalue weighted by Gasteiger charge is 2.17. The zero-order valence-electron chi connectivity index (χ0n) is 15.8. The van der Waals surface area contributed by atoms with Gasteiger partial charge in [0.05, 0.1) is 22.3 Å². The SMILES string of the molecule is CC(C)c1ccccc1-n1c(SCCS(C)(=O)=O)nc2cc(Cl)ccc2c1=O. The molecule has 0 atom stereocenters. The second kappa shape index (κ2) is 8.27. The molecule has 5 nitrogen and oxygen atoms in total. The van der Waals surface area contributed by atoms with Gasteiger partial charge in [-0.2, -0.15) is 0 Å². The van der Waals surface area contributed by atoms with Crippen LogP contribution in [-0.2, 0) is 9.84 Å². The van der Waals surface area contributed by atoms with Crippen LogP contribution in [0, 0.1) is 0 Å². The zero-order chi connectivity index (χ0) is 20.5. The zero-order valence-corrected chi connectivity index (χ0v) is 18.2. The van der Waals surface area contributed by atoms with E-state index >= 15 is 0 Å². The Balaban J connectivity index is 2.24. The lowest BCUT2D eigenvalue weighted by Crippen LogP contribution is -2.23. The molecule has 0 spiro atoms. The molecule has 0 fully saturated rings. The summed E-state index contributed by atoms with van der Waals surface area (Å²) in [5.74, 6) is 0.520. The van der Waals surface area contributed by atoms with E-state index in [2.05, 4.69) is 18.8 Å². The van der Waals surface area contributed by atoms with Crippen molar-refractivity contribution in [2.24, 2.45) is 0 Å². The minimum absolute atomic E-state index is 0.00689. The van der Waals surface area contributed by atoms with Gasteiger partial charge < -0.3 is 0 Å². The number of aromatic nitrogens is 2. The van der Waals surface area contributed by atoms with E-state index in [1.807, 2.05) is 24.3 Å². The Morgan fingerprint density at radius 2 is 1.89 bits per heavy atom. The third kappa shape index (κ3) is 4.59. The molecule has 1 aromatic heterocycles. The number of rotatable bonds is 6. The van der Waals surface area contributed by atoms with Crippen molar-refractivity contribution in [2.45, 2.75) is 24.9 Å². The number of nitrogens with zero attached hydrogens (tertiary/aromatic N) is 2. The molecular weight excluding hydrogens is 416 g/mol. The molecule has 2 aromatic carbocycles. The number of hydrogen-bond donors (Lipinski definition) is 0. The topological polar surface area (TPSA) is 69.0 Å². The summed E-state index contributed by atoms with van der Waals surface area (Å²) in [6.45, 7) is 4.13. The van der Waals surface area contributed by atoms with Crippen molar-refractivity contribution in [1.29, 1.82) is 0 Å². The summed E-state index contributed by atoms with van der Waals surface area (Å²) in [6.07, 6.45) is 1.20. The molecule has 0 aliphatic heterocycles. The second-order valence-corrected chi connectivity index (χ2v) is 10.6. The first-order chi connectivity index (χ1) is 13.2. The monoisotopic (exact) mass is 436 g/mol. The number of para-hydroxylation sites is 1. The summed E-state index contributed by atoms with van der Waals surface area (Å²) < 4.78 is 24.6. The quantitative estimate of drug-likeness (QED) is 0.425. The van der Waals surface area contributed by atoms with E-state index in [0.29, 0.717) is 26.8 Å². The van der Waals surface area contributed by atoms with Crippen molar-refractivity contribution < 1.29 is 8.42 Å². The molecule has 0 aliphatic rings. The smallest absolute Gasteiger partial charge is 0.266 e. The number of fused-ring (bicyclic) bond motifs is 1. The molecule has 28 heavy (non-hydrogen) atoms. The average Bonchev–Trinajstić information content (AvgIpc) is 2.60. The third-order valence-corrected chi connectivity index (χ3v) is 6.67. The van der Waals surface area contributed by atoms with Gasteiger partial charge in [-0.05, 0) is 35.7 Å². The lowest BCUT2D eigenvalue weighted by Gasteiger charge is -2.18. The van der Waals surface area contributed by atoms with Crippen LogP contribution in [0.1, 0.15) is 25.3 Å². The van der Waals surface area contributed by atoms with E-state index in [4.69, 9.17) is 11.6 Å². The van der Waals surface area contributed by atoms with Gasteiger partial charge in [0.15, 0.2) is 5.16 Å². The van der Waals surface area contributed by atoms with Crippen LogP contribution in [0.25, 0.3) is 16.6 Å². The normalized spacial score (nSPS) is 12.0. The van der Waals surface area contributed by atoms with Crippen LogP contribution in [0.3, 0.4) is 0 Å². The van der Waals surface area contributed by atoms with Crippen LogP contribution in [0.4, 0.5) is 0 Å². The number of hydrogen-bond acceptors (Lipinski definition) is 5. The Morgan fingerprint density at radius 3 is 2.57 bits per heavy atom. The predicted molar refractivity (Wildman–Crippen MR) is 117 cm³/mol. The van der Waals surface area contributed by atoms with Crippen molar-refractivity contribution in [3.63, 3.8) is 0 Å². The highest BCUT2D eigenvalue weighted by molar-refractivity contribution is 8.00. The fourth-order valence-electron chi connectivity index (χ4n) is 2.91. The first-order valence-electron chi connectivity index (χ1n) is 8.79. The van der Waals surface area contributed by atoms with Gasteiger partial charge in [-0.1, -0.05) is 55.4 Å². The highest BCUT2D eigenvalue weighted by atomic mass is 35.5. The lowest BCUT2D eigenvalue weighted by molar-refractivity contribution is 0.603. The van der Waals surface area contributed by atoms with Crippen LogP contribution in [-0.4, -0.2) is 35.7 Å². The van der Waals surface area contributed by atoms with Crippen LogP contribution in [0.5, 0.6) is 0 Å². The van der Waals surface area contributed by atoms with E-state index in [1.165, 1.54) is 18.0 Å². The van der Waals surface area contributed by atoms with Crippen molar-refractivity contribution in [1.82, 2.24) is 9.55 Å². The molecule has 0 amide bonds. The first-order valence-corrected chi connectivity index (χ1v) is 12.2. The Morgan fingerprint density at radius 1 is 1.18 bits per heavy atom. The number of sulfone groups is 1. The summed E-state index contributed by atoms with van der Waals surface area (Å²) in [6, 6.07) is 12.7. The van der Waals surface area contributed by atoms with Gasteiger partial charge in [0, 0.05) is 17.0 Å². The van der Waals surface area contributed by atoms with Crippen molar-refractivity contribution in [3.8, 4) is 5.69 Å². The van der Waals surface area contributed by atoms with Gasteiger partial charge in [-0.3, -0.25) is 9.36 Å². The summed E-state index contributed by atoms with van der Waals surface area (Å²) in [7, 11) is -3.11. The van der Waals surface area contributed by atoms with Crippen molar-refractivity contribution in [3.05, 3.63) is 63.4 Å². The maximum atomic E-state index is 13.3. The highest BCUT2D eigenvalue weighted by Crippen LogP contribution is 2.27. The fourth-order valence-corrected chi connectivity index (χ4v) is 5.28. The molecule has 3 aromatic rings. The number of halogens is 1. The molecule has 3 rings (SSSR count). The molecular formula is C20H21ClN2O3S2. The van der Waals surface area contributed by atoms with E-state index in [-0.39, 0.29) is 17.2 Å². The maximum Gasteiger partial charge on any atom is 0.266 e. The molecule has 1 heterocycles. The lowest BCUT2D eigenvalue weighted by atomic mass is 10.0. The molecule has 0 radical (unpaired) electrons. The Hall–Kier alpha value is -1.83. The van der Waals surface area contributed by atoms with Gasteiger partial charge in [0.2, 0.25) is 0 Å². The summed E-state index contributed by atoms with van der Waals surface area (Å²) in [4.78, 5) is 18.0. The maximum absolute atomic E-state index is 13.3. The molecule has 0 aliphatic carbocycles. The summed E-state index contributed by atoms with van der Waals surface area (Å²) in [5, 5.41) is 1.42. The largest absolute Gasteiger partial charge is 0.268 e. The fraction of sp³-hybridized carbons (Fsp3) is 0.300. The van der Waals surface area contributed by atoms with Crippen LogP contribution in [0.15, 0.2) is 52.4 Å². The van der Waals surface area contributed by atoms with Crippen LogP contribution in [0.2, 0.25) is 5.02 Å². The van der Waals surface area contributed by atoms with Gasteiger partial charge in [-0.15, -0.1) is 0 Å². The van der Waals surface area contributed by atoms with E-state index < -0.39 is 9.84 Å². The molecule has 0 N–H and O–H groups in total. The minimum Gasteiger partial charge on any atom is -0.268 e.